The van der Waals surface area contributed by atoms with Crippen molar-refractivity contribution in [2.24, 2.45) is 0 Å². The van der Waals surface area contributed by atoms with Gasteiger partial charge in [-0.05, 0) is 74.9 Å². The number of amides is 1. The van der Waals surface area contributed by atoms with E-state index < -0.39 is 11.7 Å². The predicted octanol–water partition coefficient (Wildman–Crippen LogP) is 5.91. The number of halogens is 2. The minimum atomic E-state index is -0.637. The van der Waals surface area contributed by atoms with Gasteiger partial charge in [0.15, 0.2) is 5.65 Å². The van der Waals surface area contributed by atoms with Crippen molar-refractivity contribution in [3.05, 3.63) is 80.6 Å². The molecule has 2 heterocycles. The maximum Gasteiger partial charge on any atom is 0.407 e. The number of aromatic nitrogens is 3. The molecule has 0 aliphatic heterocycles. The Hall–Kier alpha value is -3.82. The first-order valence-corrected chi connectivity index (χ1v) is 13.0. The van der Waals surface area contributed by atoms with E-state index in [4.69, 9.17) is 32.7 Å². The predicted molar refractivity (Wildman–Crippen MR) is 154 cm³/mol. The number of carbonyl (C=O) groups is 1. The molecular weight excluding hydrogens is 541 g/mol. The molecule has 0 radical (unpaired) electrons. The second kappa shape index (κ2) is 11.9. The Morgan fingerprint density at radius 2 is 1.74 bits per heavy atom. The number of hydrogen-bond donors (Lipinski definition) is 2. The molecule has 1 amide bonds. The summed E-state index contributed by atoms with van der Waals surface area (Å²) in [5.74, 6) is 1.21. The van der Waals surface area contributed by atoms with Crippen molar-refractivity contribution >= 4 is 46.3 Å². The third kappa shape index (κ3) is 7.19. The van der Waals surface area contributed by atoms with Crippen LogP contribution >= 0.6 is 23.2 Å². The first-order chi connectivity index (χ1) is 18.5. The van der Waals surface area contributed by atoms with Crippen molar-refractivity contribution in [3.8, 4) is 17.0 Å². The van der Waals surface area contributed by atoms with Crippen LogP contribution in [0.25, 0.3) is 22.4 Å². The first-order valence-electron chi connectivity index (χ1n) is 12.2. The van der Waals surface area contributed by atoms with Gasteiger partial charge in [0.2, 0.25) is 0 Å². The minimum Gasteiger partial charge on any atom is -0.497 e. The number of rotatable bonds is 8. The fourth-order valence-electron chi connectivity index (χ4n) is 3.79. The zero-order chi connectivity index (χ0) is 28.2. The van der Waals surface area contributed by atoms with Gasteiger partial charge >= 0.3 is 6.09 Å². The van der Waals surface area contributed by atoms with Crippen molar-refractivity contribution < 1.29 is 14.3 Å². The Bertz CT molecular complexity index is 1550. The highest BCUT2D eigenvalue weighted by molar-refractivity contribution is 6.42. The molecule has 0 saturated carbocycles. The van der Waals surface area contributed by atoms with Crippen molar-refractivity contribution in [1.82, 2.24) is 19.9 Å². The number of nitrogens with zero attached hydrogens (tertiary/aromatic N) is 3. The molecule has 11 heteroatoms. The standard InChI is InChI=1S/C28H29Cl2N5O4/c1-28(2,3)39-27(37)31-13-14-35-25-22(33-24(26(35)36)18-6-8-19(38-4)9-7-18)11-12-23(34-25)32-16-17-5-10-20(29)21(30)15-17/h5-12,15H,13-14,16H2,1-4H3,(H,31,37)(H,32,34). The van der Waals surface area contributed by atoms with Crippen LogP contribution in [-0.2, 0) is 17.8 Å². The van der Waals surface area contributed by atoms with Crippen molar-refractivity contribution in [2.45, 2.75) is 39.5 Å². The Labute approximate surface area is 236 Å². The summed E-state index contributed by atoms with van der Waals surface area (Å²) >= 11 is 12.1. The molecule has 0 aliphatic carbocycles. The lowest BCUT2D eigenvalue weighted by Gasteiger charge is -2.20. The van der Waals surface area contributed by atoms with Gasteiger partial charge in [-0.15, -0.1) is 0 Å². The van der Waals surface area contributed by atoms with Gasteiger partial charge in [0.1, 0.15) is 28.4 Å². The van der Waals surface area contributed by atoms with Gasteiger partial charge in [0, 0.05) is 25.2 Å². The molecule has 204 valence electrons. The topological polar surface area (TPSA) is 107 Å². The van der Waals surface area contributed by atoms with Gasteiger partial charge in [-0.2, -0.15) is 0 Å². The highest BCUT2D eigenvalue weighted by Crippen LogP contribution is 2.24. The number of hydrogen-bond acceptors (Lipinski definition) is 7. The molecule has 0 atom stereocenters. The van der Waals surface area contributed by atoms with Crippen molar-refractivity contribution in [1.29, 1.82) is 0 Å². The molecule has 4 rings (SSSR count). The first kappa shape index (κ1) is 28.2. The molecule has 0 saturated heterocycles. The summed E-state index contributed by atoms with van der Waals surface area (Å²) in [6, 6.07) is 16.0. The molecule has 4 aromatic rings. The molecule has 9 nitrogen and oxygen atoms in total. The number of carbonyl (C=O) groups excluding carboxylic acids is 1. The molecule has 2 N–H and O–H groups in total. The number of fused-ring (bicyclic) bond motifs is 1. The second-order valence-corrected chi connectivity index (χ2v) is 10.5. The number of nitrogens with one attached hydrogen (secondary N) is 2. The minimum absolute atomic E-state index is 0.151. The van der Waals surface area contributed by atoms with Crippen LogP contribution in [0.4, 0.5) is 10.6 Å². The lowest BCUT2D eigenvalue weighted by molar-refractivity contribution is 0.0526. The molecule has 0 fully saturated rings. The zero-order valence-corrected chi connectivity index (χ0v) is 23.6. The van der Waals surface area contributed by atoms with E-state index in [0.29, 0.717) is 44.9 Å². The highest BCUT2D eigenvalue weighted by Gasteiger charge is 2.18. The van der Waals surface area contributed by atoms with Crippen LogP contribution in [-0.4, -0.2) is 39.9 Å². The van der Waals surface area contributed by atoms with Crippen LogP contribution in [0.2, 0.25) is 10.0 Å². The van der Waals surface area contributed by atoms with E-state index in [9.17, 15) is 9.59 Å². The summed E-state index contributed by atoms with van der Waals surface area (Å²) in [4.78, 5) is 35.1. The van der Waals surface area contributed by atoms with Crippen molar-refractivity contribution in [2.75, 3.05) is 19.0 Å². The van der Waals surface area contributed by atoms with Crippen LogP contribution in [0, 0.1) is 0 Å². The molecule has 39 heavy (non-hydrogen) atoms. The number of pyridine rings is 1. The molecule has 2 aromatic heterocycles. The van der Waals surface area contributed by atoms with E-state index in [-0.39, 0.29) is 24.3 Å². The smallest absolute Gasteiger partial charge is 0.407 e. The Balaban J connectivity index is 1.67. The lowest BCUT2D eigenvalue weighted by atomic mass is 10.1. The fraction of sp³-hybridized carbons (Fsp3) is 0.286. The number of ether oxygens (including phenoxy) is 2. The Kier molecular flexibility index (Phi) is 8.62. The van der Waals surface area contributed by atoms with E-state index in [1.54, 1.807) is 76.4 Å². The summed E-state index contributed by atoms with van der Waals surface area (Å²) in [6.07, 6.45) is -0.568. The highest BCUT2D eigenvalue weighted by atomic mass is 35.5. The van der Waals surface area contributed by atoms with Gasteiger partial charge < -0.3 is 20.1 Å². The van der Waals surface area contributed by atoms with E-state index in [1.165, 1.54) is 4.57 Å². The van der Waals surface area contributed by atoms with E-state index in [1.807, 2.05) is 6.07 Å². The van der Waals surface area contributed by atoms with Gasteiger partial charge in [-0.1, -0.05) is 29.3 Å². The summed E-state index contributed by atoms with van der Waals surface area (Å²) < 4.78 is 12.0. The van der Waals surface area contributed by atoms with Crippen LogP contribution < -0.4 is 20.9 Å². The number of benzene rings is 2. The Morgan fingerprint density at radius 3 is 2.41 bits per heavy atom. The van der Waals surface area contributed by atoms with Gasteiger partial charge in [-0.3, -0.25) is 9.36 Å². The normalized spacial score (nSPS) is 11.3. The van der Waals surface area contributed by atoms with E-state index >= 15 is 0 Å². The summed E-state index contributed by atoms with van der Waals surface area (Å²) in [5.41, 5.74) is 1.74. The Morgan fingerprint density at radius 1 is 1.00 bits per heavy atom. The average molecular weight is 570 g/mol. The fourth-order valence-corrected chi connectivity index (χ4v) is 4.11. The zero-order valence-electron chi connectivity index (χ0n) is 22.0. The number of anilines is 1. The third-order valence-electron chi connectivity index (χ3n) is 5.61. The summed E-state index contributed by atoms with van der Waals surface area (Å²) in [5, 5.41) is 6.89. The van der Waals surface area contributed by atoms with E-state index in [2.05, 4.69) is 20.6 Å². The molecule has 0 unspecified atom stereocenters. The summed E-state index contributed by atoms with van der Waals surface area (Å²) in [6.45, 7) is 6.10. The molecule has 0 spiro atoms. The number of alkyl carbamates (subject to hydrolysis) is 1. The molecular formula is C28H29Cl2N5O4. The average Bonchev–Trinajstić information content (AvgIpc) is 2.89. The number of methoxy groups -OCH3 is 1. The lowest BCUT2D eigenvalue weighted by Crippen LogP contribution is -2.36. The van der Waals surface area contributed by atoms with Gasteiger partial charge in [0.05, 0.1) is 17.2 Å². The maximum absolute atomic E-state index is 13.6. The molecule has 0 bridgehead atoms. The van der Waals surface area contributed by atoms with Gasteiger partial charge in [-0.25, -0.2) is 14.8 Å². The van der Waals surface area contributed by atoms with Crippen LogP contribution in [0.3, 0.4) is 0 Å². The maximum atomic E-state index is 13.6. The molecule has 2 aromatic carbocycles. The monoisotopic (exact) mass is 569 g/mol. The largest absolute Gasteiger partial charge is 0.497 e. The summed E-state index contributed by atoms with van der Waals surface area (Å²) in [7, 11) is 1.58. The molecule has 0 aliphatic rings. The van der Waals surface area contributed by atoms with E-state index in [0.717, 1.165) is 5.56 Å². The SMILES string of the molecule is COc1ccc(-c2nc3ccc(NCc4ccc(Cl)c(Cl)c4)nc3n(CCNC(=O)OC(C)(C)C)c2=O)cc1. The van der Waals surface area contributed by atoms with Crippen LogP contribution in [0.15, 0.2) is 59.4 Å². The second-order valence-electron chi connectivity index (χ2n) is 9.72. The van der Waals surface area contributed by atoms with Crippen LogP contribution in [0.5, 0.6) is 5.75 Å². The van der Waals surface area contributed by atoms with Gasteiger partial charge in [0.25, 0.3) is 5.56 Å². The quantitative estimate of drug-likeness (QED) is 0.271. The van der Waals surface area contributed by atoms with Crippen LogP contribution in [0.1, 0.15) is 26.3 Å². The third-order valence-corrected chi connectivity index (χ3v) is 6.35. The van der Waals surface area contributed by atoms with Crippen molar-refractivity contribution in [3.63, 3.8) is 0 Å².